The molecule has 13 nitrogen and oxygen atoms in total. The molecule has 0 radical (unpaired) electrons. The number of nitrogens with zero attached hydrogens (tertiary/aromatic N) is 3. The molecule has 0 bridgehead atoms. The lowest BCUT2D eigenvalue weighted by Gasteiger charge is -2.43. The van der Waals surface area contributed by atoms with E-state index < -0.39 is 59.5 Å². The Labute approximate surface area is 349 Å². The number of aliphatic hydroxyl groups excluding tert-OH is 1. The van der Waals surface area contributed by atoms with Crippen LogP contribution in [0.1, 0.15) is 90.1 Å². The number of aromatic nitrogens is 1. The van der Waals surface area contributed by atoms with Gasteiger partial charge in [-0.15, -0.1) is 0 Å². The van der Waals surface area contributed by atoms with E-state index in [9.17, 15) is 24.3 Å². The fourth-order valence-corrected chi connectivity index (χ4v) is 7.80. The van der Waals surface area contributed by atoms with Gasteiger partial charge in [0.05, 0.1) is 12.1 Å². The van der Waals surface area contributed by atoms with Gasteiger partial charge in [0.1, 0.15) is 23.8 Å². The second-order valence-corrected chi connectivity index (χ2v) is 18.4. The number of benzene rings is 2. The van der Waals surface area contributed by atoms with Crippen LogP contribution >= 0.6 is 0 Å². The topological polar surface area (TPSA) is 162 Å². The van der Waals surface area contributed by atoms with Gasteiger partial charge in [0.25, 0.3) is 0 Å². The molecule has 2 aliphatic rings. The van der Waals surface area contributed by atoms with Crippen molar-refractivity contribution < 1.29 is 33.8 Å². The van der Waals surface area contributed by atoms with E-state index in [0.717, 1.165) is 22.3 Å². The first-order valence-electron chi connectivity index (χ1n) is 20.8. The van der Waals surface area contributed by atoms with E-state index in [2.05, 4.69) is 25.8 Å². The molecule has 3 amide bonds. The maximum absolute atomic E-state index is 14.5. The van der Waals surface area contributed by atoms with Gasteiger partial charge in [0.15, 0.2) is 0 Å². The summed E-state index contributed by atoms with van der Waals surface area (Å²) < 4.78 is 11.9. The number of pyridine rings is 1. The Morgan fingerprint density at radius 1 is 0.915 bits per heavy atom. The molecule has 1 saturated heterocycles. The number of carbonyl (C=O) groups excluding carboxylic acids is 4. The monoisotopic (exact) mass is 812 g/mol. The van der Waals surface area contributed by atoms with E-state index in [-0.39, 0.29) is 30.7 Å². The Kier molecular flexibility index (Phi) is 15.3. The summed E-state index contributed by atoms with van der Waals surface area (Å²) in [7, 11) is 0. The standard InChI is InChI=1S/C46H64N6O7/c1-30(2)39(49-44(57)59-46(6,7)8)43(56)58-35(28-52-22-21-51(27-32-17-14-20-47-26-32)29-37(52)42(55)50-45(3,4)5)24-34(23-31-15-10-9-11-16-31)41(54)48-40-36-19-13-12-18-33(36)25-38(40)53/h9-20,26,30,34-35,37-40,53H,21-25,27-29H2,1-8H3,(H,48,54)(H,49,57)(H,50,55)/t34-,35-,37-,38+,39?,40-/m0/s1. The minimum Gasteiger partial charge on any atom is -0.459 e. The second kappa shape index (κ2) is 19.9. The first-order chi connectivity index (χ1) is 27.8. The van der Waals surface area contributed by atoms with Crippen LogP contribution in [0.3, 0.4) is 0 Å². The molecule has 1 aliphatic carbocycles. The first kappa shape index (κ1) is 45.2. The molecule has 0 saturated carbocycles. The molecule has 1 aromatic heterocycles. The average molecular weight is 813 g/mol. The van der Waals surface area contributed by atoms with Crippen LogP contribution in [0.2, 0.25) is 0 Å². The summed E-state index contributed by atoms with van der Waals surface area (Å²) >= 11 is 0. The largest absolute Gasteiger partial charge is 0.459 e. The number of nitrogens with one attached hydrogen (secondary N) is 3. The maximum atomic E-state index is 14.5. The molecular formula is C46H64N6O7. The summed E-state index contributed by atoms with van der Waals surface area (Å²) in [5.74, 6) is -2.16. The zero-order chi connectivity index (χ0) is 42.9. The van der Waals surface area contributed by atoms with Crippen LogP contribution in [-0.4, -0.2) is 105 Å². The minimum atomic E-state index is -1.05. The van der Waals surface area contributed by atoms with Gasteiger partial charge in [0.2, 0.25) is 11.8 Å². The first-order valence-corrected chi connectivity index (χ1v) is 20.8. The van der Waals surface area contributed by atoms with Gasteiger partial charge in [-0.3, -0.25) is 24.4 Å². The fourth-order valence-electron chi connectivity index (χ4n) is 7.80. The number of ether oxygens (including phenoxy) is 2. The lowest BCUT2D eigenvalue weighted by Crippen LogP contribution is -2.62. The van der Waals surface area contributed by atoms with Crippen LogP contribution in [0.25, 0.3) is 0 Å². The Balaban J connectivity index is 1.46. The van der Waals surface area contributed by atoms with Crippen LogP contribution in [0.15, 0.2) is 79.1 Å². The fraction of sp³-hybridized carbons (Fsp3) is 0.543. The van der Waals surface area contributed by atoms with Gasteiger partial charge in [0, 0.05) is 63.0 Å². The van der Waals surface area contributed by atoms with Crippen molar-refractivity contribution in [2.45, 2.75) is 123 Å². The highest BCUT2D eigenvalue weighted by Crippen LogP contribution is 2.32. The van der Waals surface area contributed by atoms with E-state index >= 15 is 0 Å². The molecule has 59 heavy (non-hydrogen) atoms. The molecule has 2 heterocycles. The summed E-state index contributed by atoms with van der Waals surface area (Å²) in [5, 5.41) is 20.1. The van der Waals surface area contributed by atoms with Crippen molar-refractivity contribution in [3.8, 4) is 0 Å². The molecule has 1 fully saturated rings. The zero-order valence-electron chi connectivity index (χ0n) is 35.9. The molecule has 320 valence electrons. The molecule has 1 unspecified atom stereocenters. The molecule has 5 rings (SSSR count). The summed E-state index contributed by atoms with van der Waals surface area (Å²) in [4.78, 5) is 64.3. The highest BCUT2D eigenvalue weighted by Gasteiger charge is 2.40. The van der Waals surface area contributed by atoms with Crippen LogP contribution < -0.4 is 16.0 Å². The molecule has 2 aromatic carbocycles. The number of rotatable bonds is 15. The number of fused-ring (bicyclic) bond motifs is 1. The summed E-state index contributed by atoms with van der Waals surface area (Å²) in [6.45, 7) is 17.0. The summed E-state index contributed by atoms with van der Waals surface area (Å²) in [6.07, 6.45) is 2.01. The second-order valence-electron chi connectivity index (χ2n) is 18.4. The van der Waals surface area contributed by atoms with Gasteiger partial charge in [-0.2, -0.15) is 0 Å². The molecule has 3 aromatic rings. The summed E-state index contributed by atoms with van der Waals surface area (Å²) in [6, 6.07) is 19.0. The minimum absolute atomic E-state index is 0.109. The number of hydrogen-bond donors (Lipinski definition) is 4. The number of carbonyl (C=O) groups is 4. The number of amides is 3. The quantitative estimate of drug-likeness (QED) is 0.154. The van der Waals surface area contributed by atoms with Crippen molar-refractivity contribution in [2.75, 3.05) is 26.2 Å². The summed E-state index contributed by atoms with van der Waals surface area (Å²) in [5.41, 5.74) is 2.52. The van der Waals surface area contributed by atoms with E-state index in [1.54, 1.807) is 27.0 Å². The van der Waals surface area contributed by atoms with Crippen LogP contribution in [0.4, 0.5) is 4.79 Å². The Bertz CT molecular complexity index is 1860. The van der Waals surface area contributed by atoms with Gasteiger partial charge < -0.3 is 30.5 Å². The molecular weight excluding hydrogens is 749 g/mol. The highest BCUT2D eigenvalue weighted by molar-refractivity contribution is 5.83. The zero-order valence-corrected chi connectivity index (χ0v) is 35.9. The van der Waals surface area contributed by atoms with Crippen molar-refractivity contribution in [3.05, 3.63) is 101 Å². The van der Waals surface area contributed by atoms with Gasteiger partial charge in [-0.1, -0.05) is 74.5 Å². The van der Waals surface area contributed by atoms with Crippen LogP contribution in [-0.2, 0) is 43.2 Å². The third-order valence-electron chi connectivity index (χ3n) is 10.6. The maximum Gasteiger partial charge on any atom is 0.408 e. The Hall–Kier alpha value is -4.85. The third kappa shape index (κ3) is 13.6. The third-order valence-corrected chi connectivity index (χ3v) is 10.6. The van der Waals surface area contributed by atoms with Crippen molar-refractivity contribution in [2.24, 2.45) is 11.8 Å². The number of alkyl carbamates (subject to hydrolysis) is 1. The average Bonchev–Trinajstić information content (AvgIpc) is 3.47. The number of aliphatic hydroxyl groups is 1. The Morgan fingerprint density at radius 3 is 2.27 bits per heavy atom. The predicted molar refractivity (Wildman–Crippen MR) is 226 cm³/mol. The predicted octanol–water partition coefficient (Wildman–Crippen LogP) is 4.97. The smallest absolute Gasteiger partial charge is 0.408 e. The van der Waals surface area contributed by atoms with Crippen molar-refractivity contribution in [1.29, 1.82) is 0 Å². The van der Waals surface area contributed by atoms with Crippen LogP contribution in [0, 0.1) is 11.8 Å². The lowest BCUT2D eigenvalue weighted by molar-refractivity contribution is -0.156. The van der Waals surface area contributed by atoms with Crippen molar-refractivity contribution in [1.82, 2.24) is 30.7 Å². The number of esters is 1. The molecule has 0 spiro atoms. The molecule has 1 aliphatic heterocycles. The molecule has 4 N–H and O–H groups in total. The normalized spacial score (nSPS) is 20.2. The van der Waals surface area contributed by atoms with E-state index in [1.807, 2.05) is 112 Å². The molecule has 13 heteroatoms. The van der Waals surface area contributed by atoms with Gasteiger partial charge in [-0.05, 0) is 88.6 Å². The number of hydrogen-bond acceptors (Lipinski definition) is 10. The lowest BCUT2D eigenvalue weighted by atomic mass is 9.91. The SMILES string of the molecule is CC(C)C(NC(=O)OC(C)(C)C)C(=O)O[C@@H](C[C@H](Cc1ccccc1)C(=O)N[C@H]1c2ccccc2C[C@H]1O)CN1CCN(Cc2cccnc2)C[C@H]1C(=O)NC(C)(C)C. The van der Waals surface area contributed by atoms with Crippen molar-refractivity contribution in [3.63, 3.8) is 0 Å². The Morgan fingerprint density at radius 2 is 1.61 bits per heavy atom. The molecule has 6 atom stereocenters. The van der Waals surface area contributed by atoms with E-state index in [4.69, 9.17) is 9.47 Å². The van der Waals surface area contributed by atoms with Gasteiger partial charge >= 0.3 is 12.1 Å². The van der Waals surface area contributed by atoms with E-state index in [0.29, 0.717) is 39.0 Å². The van der Waals surface area contributed by atoms with Gasteiger partial charge in [-0.25, -0.2) is 9.59 Å². The van der Waals surface area contributed by atoms with E-state index in [1.165, 1.54) is 0 Å². The number of piperazine rings is 1. The van der Waals surface area contributed by atoms with Crippen molar-refractivity contribution >= 4 is 23.9 Å². The van der Waals surface area contributed by atoms with Crippen LogP contribution in [0.5, 0.6) is 0 Å². The highest BCUT2D eigenvalue weighted by atomic mass is 16.6.